The Morgan fingerprint density at radius 3 is 2.71 bits per heavy atom. The number of carbonyl (C=O) groups excluding carboxylic acids is 1. The molecule has 0 aliphatic heterocycles. The van der Waals surface area contributed by atoms with Crippen molar-refractivity contribution in [2.24, 2.45) is 0 Å². The van der Waals surface area contributed by atoms with E-state index < -0.39 is 12.1 Å². The predicted octanol–water partition coefficient (Wildman–Crippen LogP) is 4.56. The van der Waals surface area contributed by atoms with Crippen LogP contribution in [0.25, 0.3) is 11.4 Å². The Kier molecular flexibility index (Phi) is 6.38. The number of para-hydroxylation sites is 1. The van der Waals surface area contributed by atoms with Crippen molar-refractivity contribution in [2.45, 2.75) is 19.6 Å². The Morgan fingerprint density at radius 2 is 1.96 bits per heavy atom. The van der Waals surface area contributed by atoms with Crippen LogP contribution in [0.1, 0.15) is 12.8 Å². The maximum Gasteiger partial charge on any atom is 0.347 e. The van der Waals surface area contributed by atoms with Gasteiger partial charge in [-0.05, 0) is 37.3 Å². The maximum atomic E-state index is 12.1. The Labute approximate surface area is 171 Å². The summed E-state index contributed by atoms with van der Waals surface area (Å²) in [5.41, 5.74) is 0.667. The highest BCUT2D eigenvalue weighted by molar-refractivity contribution is 6.35. The number of nitrogens with zero attached hydrogens (tertiary/aromatic N) is 2. The number of benzene rings is 2. The third-order valence-electron chi connectivity index (χ3n) is 3.68. The van der Waals surface area contributed by atoms with Crippen LogP contribution >= 0.6 is 23.2 Å². The molecule has 1 heterocycles. The number of rotatable bonds is 7. The van der Waals surface area contributed by atoms with Gasteiger partial charge in [0, 0.05) is 5.02 Å². The molecule has 7 nitrogen and oxygen atoms in total. The van der Waals surface area contributed by atoms with Gasteiger partial charge in [0.2, 0.25) is 5.82 Å². The van der Waals surface area contributed by atoms with Crippen LogP contribution in [-0.4, -0.2) is 29.3 Å². The van der Waals surface area contributed by atoms with Gasteiger partial charge < -0.3 is 18.7 Å². The predicted molar refractivity (Wildman–Crippen MR) is 103 cm³/mol. The van der Waals surface area contributed by atoms with E-state index in [1.54, 1.807) is 38.3 Å². The van der Waals surface area contributed by atoms with Crippen LogP contribution in [0.5, 0.6) is 11.5 Å². The first-order valence-corrected chi connectivity index (χ1v) is 8.98. The molecule has 1 aromatic heterocycles. The second-order valence-electron chi connectivity index (χ2n) is 5.65. The Balaban J connectivity index is 1.59. The van der Waals surface area contributed by atoms with E-state index in [9.17, 15) is 4.79 Å². The van der Waals surface area contributed by atoms with E-state index >= 15 is 0 Å². The van der Waals surface area contributed by atoms with Crippen LogP contribution in [0.15, 0.2) is 47.0 Å². The molecule has 0 spiro atoms. The Bertz CT molecular complexity index is 976. The number of ether oxygens (including phenoxy) is 3. The van der Waals surface area contributed by atoms with Crippen LogP contribution in [0, 0.1) is 0 Å². The SMILES string of the molecule is COc1ccccc1-c1noc(COC(=O)C(C)Oc2ccc(Cl)cc2Cl)n1. The molecular weight excluding hydrogens is 407 g/mol. The average Bonchev–Trinajstić information content (AvgIpc) is 3.17. The molecule has 1 unspecified atom stereocenters. The smallest absolute Gasteiger partial charge is 0.347 e. The fourth-order valence-corrected chi connectivity index (χ4v) is 2.76. The minimum atomic E-state index is -0.893. The van der Waals surface area contributed by atoms with Crippen molar-refractivity contribution in [2.75, 3.05) is 7.11 Å². The zero-order valence-corrected chi connectivity index (χ0v) is 16.5. The number of aromatic nitrogens is 2. The lowest BCUT2D eigenvalue weighted by molar-refractivity contribution is -0.153. The largest absolute Gasteiger partial charge is 0.496 e. The first-order valence-electron chi connectivity index (χ1n) is 8.22. The summed E-state index contributed by atoms with van der Waals surface area (Å²) in [6.45, 7) is 1.35. The van der Waals surface area contributed by atoms with Crippen molar-refractivity contribution >= 4 is 29.2 Å². The van der Waals surface area contributed by atoms with Gasteiger partial charge in [-0.3, -0.25) is 0 Å². The lowest BCUT2D eigenvalue weighted by Gasteiger charge is -2.14. The molecule has 0 aliphatic rings. The zero-order chi connectivity index (χ0) is 20.1. The highest BCUT2D eigenvalue weighted by Gasteiger charge is 2.20. The second-order valence-corrected chi connectivity index (χ2v) is 6.50. The summed E-state index contributed by atoms with van der Waals surface area (Å²) in [7, 11) is 1.55. The highest BCUT2D eigenvalue weighted by atomic mass is 35.5. The summed E-state index contributed by atoms with van der Waals surface area (Å²) >= 11 is 11.9. The van der Waals surface area contributed by atoms with Crippen molar-refractivity contribution < 1.29 is 23.5 Å². The summed E-state index contributed by atoms with van der Waals surface area (Å²) in [6.07, 6.45) is -0.893. The van der Waals surface area contributed by atoms with Gasteiger partial charge in [0.15, 0.2) is 12.7 Å². The molecule has 0 radical (unpaired) electrons. The number of esters is 1. The summed E-state index contributed by atoms with van der Waals surface area (Å²) in [5, 5.41) is 4.65. The van der Waals surface area contributed by atoms with E-state index in [0.29, 0.717) is 32.9 Å². The molecule has 0 fully saturated rings. The Morgan fingerprint density at radius 1 is 1.18 bits per heavy atom. The number of carbonyl (C=O) groups is 1. The highest BCUT2D eigenvalue weighted by Crippen LogP contribution is 2.29. The fraction of sp³-hybridized carbons (Fsp3) is 0.211. The first kappa shape index (κ1) is 20.0. The van der Waals surface area contributed by atoms with Crippen LogP contribution in [0.2, 0.25) is 10.0 Å². The van der Waals surface area contributed by atoms with Gasteiger partial charge in [-0.1, -0.05) is 40.5 Å². The topological polar surface area (TPSA) is 83.7 Å². The molecule has 1 atom stereocenters. The molecule has 3 rings (SSSR count). The van der Waals surface area contributed by atoms with E-state index in [4.69, 9.17) is 41.9 Å². The van der Waals surface area contributed by atoms with Crippen LogP contribution in [-0.2, 0) is 16.1 Å². The summed E-state index contributed by atoms with van der Waals surface area (Å²) < 4.78 is 21.1. The van der Waals surface area contributed by atoms with Crippen molar-refractivity contribution in [3.8, 4) is 22.9 Å². The van der Waals surface area contributed by atoms with Crippen molar-refractivity contribution in [3.05, 3.63) is 58.4 Å². The minimum absolute atomic E-state index is 0.144. The van der Waals surface area contributed by atoms with Gasteiger partial charge in [-0.25, -0.2) is 4.79 Å². The minimum Gasteiger partial charge on any atom is -0.496 e. The summed E-state index contributed by atoms with van der Waals surface area (Å²) in [6, 6.07) is 11.9. The van der Waals surface area contributed by atoms with Crippen molar-refractivity contribution in [1.82, 2.24) is 10.1 Å². The normalized spacial score (nSPS) is 11.7. The van der Waals surface area contributed by atoms with Crippen LogP contribution in [0.3, 0.4) is 0 Å². The molecule has 0 saturated heterocycles. The molecule has 28 heavy (non-hydrogen) atoms. The van der Waals surface area contributed by atoms with Crippen molar-refractivity contribution in [3.63, 3.8) is 0 Å². The van der Waals surface area contributed by atoms with E-state index in [-0.39, 0.29) is 12.5 Å². The van der Waals surface area contributed by atoms with Gasteiger partial charge in [0.1, 0.15) is 11.5 Å². The van der Waals surface area contributed by atoms with Gasteiger partial charge in [-0.15, -0.1) is 0 Å². The molecule has 146 valence electrons. The molecule has 0 aliphatic carbocycles. The number of halogens is 2. The van der Waals surface area contributed by atoms with Gasteiger partial charge in [-0.2, -0.15) is 4.98 Å². The average molecular weight is 423 g/mol. The number of hydrogen-bond donors (Lipinski definition) is 0. The third kappa shape index (κ3) is 4.74. The second kappa shape index (κ2) is 8.95. The molecule has 3 aromatic rings. The molecule has 2 aromatic carbocycles. The van der Waals surface area contributed by atoms with E-state index in [1.807, 2.05) is 12.1 Å². The lowest BCUT2D eigenvalue weighted by Crippen LogP contribution is -2.26. The third-order valence-corrected chi connectivity index (χ3v) is 4.21. The molecule has 0 N–H and O–H groups in total. The summed E-state index contributed by atoms with van der Waals surface area (Å²) in [4.78, 5) is 16.4. The maximum absolute atomic E-state index is 12.1. The fourth-order valence-electron chi connectivity index (χ4n) is 2.31. The molecule has 0 saturated carbocycles. The molecule has 0 bridgehead atoms. The van der Waals surface area contributed by atoms with Crippen LogP contribution in [0.4, 0.5) is 0 Å². The lowest BCUT2D eigenvalue weighted by atomic mass is 10.2. The van der Waals surface area contributed by atoms with Gasteiger partial charge >= 0.3 is 5.97 Å². The van der Waals surface area contributed by atoms with Crippen molar-refractivity contribution in [1.29, 1.82) is 0 Å². The van der Waals surface area contributed by atoms with E-state index in [1.165, 1.54) is 6.07 Å². The Hall–Kier alpha value is -2.77. The molecular formula is C19H16Cl2N2O5. The van der Waals surface area contributed by atoms with Gasteiger partial charge in [0.05, 0.1) is 17.7 Å². The molecule has 0 amide bonds. The number of methoxy groups -OCH3 is 1. The zero-order valence-electron chi connectivity index (χ0n) is 15.0. The van der Waals surface area contributed by atoms with Gasteiger partial charge in [0.25, 0.3) is 5.89 Å². The van der Waals surface area contributed by atoms with Crippen LogP contribution < -0.4 is 9.47 Å². The summed E-state index contributed by atoms with van der Waals surface area (Å²) in [5.74, 6) is 0.801. The monoisotopic (exact) mass is 422 g/mol. The van der Waals surface area contributed by atoms with E-state index in [2.05, 4.69) is 10.1 Å². The quantitative estimate of drug-likeness (QED) is 0.515. The molecule has 9 heteroatoms. The van der Waals surface area contributed by atoms with E-state index in [0.717, 1.165) is 0 Å². The standard InChI is InChI=1S/C19H16Cl2N2O5/c1-11(27-16-8-7-12(20)9-14(16)21)19(24)26-10-17-22-18(23-28-17)13-5-3-4-6-15(13)25-2/h3-9,11H,10H2,1-2H3. The number of hydrogen-bond acceptors (Lipinski definition) is 7. The first-order chi connectivity index (χ1) is 13.5.